The zero-order chi connectivity index (χ0) is 12.5. The summed E-state index contributed by atoms with van der Waals surface area (Å²) in [5, 5.41) is 1.83. The number of rotatable bonds is 2. The lowest BCUT2D eigenvalue weighted by Crippen LogP contribution is -1.96. The van der Waals surface area contributed by atoms with Crippen LogP contribution in [0, 0.1) is 0 Å². The highest BCUT2D eigenvalue weighted by atomic mass is 35.5. The molecule has 0 unspecified atom stereocenters. The molecule has 1 aromatic carbocycles. The fraction of sp³-hybridized carbons (Fsp3) is 0.0714. The van der Waals surface area contributed by atoms with Crippen LogP contribution < -0.4 is 5.73 Å². The van der Waals surface area contributed by atoms with Crippen LogP contribution in [0.4, 0.5) is 0 Å². The summed E-state index contributed by atoms with van der Waals surface area (Å²) < 4.78 is 0. The first-order valence-electron chi connectivity index (χ1n) is 5.70. The number of aromatic nitrogens is 2. The van der Waals surface area contributed by atoms with Crippen molar-refractivity contribution in [3.05, 3.63) is 53.3 Å². The van der Waals surface area contributed by atoms with Gasteiger partial charge in [-0.15, -0.1) is 0 Å². The van der Waals surface area contributed by atoms with E-state index in [0.29, 0.717) is 6.54 Å². The number of H-pyrrole nitrogens is 1. The zero-order valence-electron chi connectivity index (χ0n) is 9.65. The largest absolute Gasteiger partial charge is 0.360 e. The second-order valence-corrected chi connectivity index (χ2v) is 4.58. The molecule has 0 aliphatic carbocycles. The van der Waals surface area contributed by atoms with Gasteiger partial charge in [-0.3, -0.25) is 4.98 Å². The van der Waals surface area contributed by atoms with Gasteiger partial charge in [-0.25, -0.2) is 0 Å². The normalized spacial score (nSPS) is 11.0. The van der Waals surface area contributed by atoms with E-state index in [2.05, 4.69) is 9.97 Å². The predicted octanol–water partition coefficient (Wildman–Crippen LogP) is 3.34. The van der Waals surface area contributed by atoms with Crippen LogP contribution >= 0.6 is 11.6 Å². The lowest BCUT2D eigenvalue weighted by Gasteiger charge is -2.01. The highest BCUT2D eigenvalue weighted by Crippen LogP contribution is 2.29. The minimum Gasteiger partial charge on any atom is -0.360 e. The number of halogens is 1. The van der Waals surface area contributed by atoms with Gasteiger partial charge in [-0.2, -0.15) is 0 Å². The van der Waals surface area contributed by atoms with Gasteiger partial charge in [0.25, 0.3) is 0 Å². The quantitative estimate of drug-likeness (QED) is 0.740. The first-order valence-corrected chi connectivity index (χ1v) is 6.08. The van der Waals surface area contributed by atoms with Crippen LogP contribution in [0.2, 0.25) is 5.02 Å². The van der Waals surface area contributed by atoms with E-state index in [1.54, 1.807) is 6.20 Å². The molecule has 0 atom stereocenters. The Morgan fingerprint density at radius 1 is 1.22 bits per heavy atom. The number of nitrogens with two attached hydrogens (primary N) is 1. The number of pyridine rings is 1. The molecule has 3 nitrogen and oxygen atoms in total. The second kappa shape index (κ2) is 4.44. The molecule has 3 aromatic rings. The fourth-order valence-electron chi connectivity index (χ4n) is 2.06. The van der Waals surface area contributed by atoms with Crippen molar-refractivity contribution in [2.24, 2.45) is 5.73 Å². The average Bonchev–Trinajstić information content (AvgIpc) is 2.81. The van der Waals surface area contributed by atoms with Crippen LogP contribution in [0.5, 0.6) is 0 Å². The van der Waals surface area contributed by atoms with Crippen LogP contribution in [0.3, 0.4) is 0 Å². The number of nitrogens with one attached hydrogen (secondary N) is 1. The summed E-state index contributed by atoms with van der Waals surface area (Å²) in [6, 6.07) is 9.73. The van der Waals surface area contributed by atoms with Crippen molar-refractivity contribution < 1.29 is 0 Å². The molecule has 0 amide bonds. The van der Waals surface area contributed by atoms with Crippen molar-refractivity contribution in [3.8, 4) is 11.3 Å². The first-order chi connectivity index (χ1) is 8.78. The predicted molar refractivity (Wildman–Crippen MR) is 74.4 cm³/mol. The van der Waals surface area contributed by atoms with Gasteiger partial charge in [0.05, 0.1) is 5.69 Å². The summed E-state index contributed by atoms with van der Waals surface area (Å²) >= 11 is 5.97. The second-order valence-electron chi connectivity index (χ2n) is 4.15. The maximum atomic E-state index is 5.97. The van der Waals surface area contributed by atoms with Gasteiger partial charge in [0.15, 0.2) is 0 Å². The van der Waals surface area contributed by atoms with Crippen LogP contribution in [0.15, 0.2) is 42.7 Å². The molecule has 0 saturated heterocycles. The van der Waals surface area contributed by atoms with Gasteiger partial charge in [0, 0.05) is 40.4 Å². The SMILES string of the molecule is NCc1ccnc(-c2c[nH]c3cc(Cl)ccc23)c1. The van der Waals surface area contributed by atoms with E-state index in [1.165, 1.54) is 0 Å². The standard InChI is InChI=1S/C14H12ClN3/c15-10-1-2-11-12(8-18-14(11)6-10)13-5-9(7-16)3-4-17-13/h1-6,8,18H,7,16H2. The summed E-state index contributed by atoms with van der Waals surface area (Å²) in [7, 11) is 0. The van der Waals surface area contributed by atoms with Crippen molar-refractivity contribution in [2.75, 3.05) is 0 Å². The summed E-state index contributed by atoms with van der Waals surface area (Å²) in [6.07, 6.45) is 3.73. The smallest absolute Gasteiger partial charge is 0.0726 e. The Labute approximate surface area is 110 Å². The molecule has 0 bridgehead atoms. The van der Waals surface area contributed by atoms with Crippen molar-refractivity contribution in [3.63, 3.8) is 0 Å². The maximum Gasteiger partial charge on any atom is 0.0726 e. The summed E-state index contributed by atoms with van der Waals surface area (Å²) in [5.41, 5.74) is 9.72. The molecule has 0 aliphatic rings. The van der Waals surface area contributed by atoms with Crippen LogP contribution in [0.1, 0.15) is 5.56 Å². The molecule has 4 heteroatoms. The Bertz CT molecular complexity index is 703. The molecule has 0 aliphatic heterocycles. The Balaban J connectivity index is 2.19. The number of hydrogen-bond acceptors (Lipinski definition) is 2. The van der Waals surface area contributed by atoms with Crippen molar-refractivity contribution in [2.45, 2.75) is 6.54 Å². The van der Waals surface area contributed by atoms with E-state index in [9.17, 15) is 0 Å². The molecule has 2 heterocycles. The summed E-state index contributed by atoms with van der Waals surface area (Å²) in [6.45, 7) is 0.518. The van der Waals surface area contributed by atoms with Crippen molar-refractivity contribution in [1.29, 1.82) is 0 Å². The molecular weight excluding hydrogens is 246 g/mol. The van der Waals surface area contributed by atoms with Gasteiger partial charge < -0.3 is 10.7 Å². The van der Waals surface area contributed by atoms with Gasteiger partial charge in [-0.05, 0) is 29.8 Å². The number of hydrogen-bond donors (Lipinski definition) is 2. The molecule has 0 saturated carbocycles. The average molecular weight is 258 g/mol. The topological polar surface area (TPSA) is 54.7 Å². The van der Waals surface area contributed by atoms with Crippen LogP contribution in [0.25, 0.3) is 22.2 Å². The molecule has 3 N–H and O–H groups in total. The molecule has 3 rings (SSSR count). The summed E-state index contributed by atoms with van der Waals surface area (Å²) in [5.74, 6) is 0. The number of nitrogens with zero attached hydrogens (tertiary/aromatic N) is 1. The molecular formula is C14H12ClN3. The minimum absolute atomic E-state index is 0.518. The Kier molecular flexibility index (Phi) is 2.78. The lowest BCUT2D eigenvalue weighted by atomic mass is 10.1. The van der Waals surface area contributed by atoms with Crippen LogP contribution in [-0.2, 0) is 6.54 Å². The number of fused-ring (bicyclic) bond motifs is 1. The Hall–Kier alpha value is -1.84. The Morgan fingerprint density at radius 3 is 2.94 bits per heavy atom. The highest BCUT2D eigenvalue weighted by molar-refractivity contribution is 6.31. The molecule has 0 spiro atoms. The molecule has 90 valence electrons. The fourth-order valence-corrected chi connectivity index (χ4v) is 2.23. The van der Waals surface area contributed by atoms with E-state index in [4.69, 9.17) is 17.3 Å². The van der Waals surface area contributed by atoms with Gasteiger partial charge in [-0.1, -0.05) is 17.7 Å². The first kappa shape index (κ1) is 11.3. The maximum absolute atomic E-state index is 5.97. The molecule has 0 radical (unpaired) electrons. The van der Waals surface area contributed by atoms with Crippen molar-refractivity contribution >= 4 is 22.5 Å². The van der Waals surface area contributed by atoms with E-state index >= 15 is 0 Å². The highest BCUT2D eigenvalue weighted by Gasteiger charge is 2.07. The number of aromatic amines is 1. The number of benzene rings is 1. The third kappa shape index (κ3) is 1.88. The van der Waals surface area contributed by atoms with E-state index < -0.39 is 0 Å². The minimum atomic E-state index is 0.518. The van der Waals surface area contributed by atoms with Gasteiger partial charge >= 0.3 is 0 Å². The summed E-state index contributed by atoms with van der Waals surface area (Å²) in [4.78, 5) is 7.60. The van der Waals surface area contributed by atoms with Gasteiger partial charge in [0.1, 0.15) is 0 Å². The van der Waals surface area contributed by atoms with E-state index in [-0.39, 0.29) is 0 Å². The third-order valence-corrected chi connectivity index (χ3v) is 3.21. The molecule has 2 aromatic heterocycles. The van der Waals surface area contributed by atoms with Crippen LogP contribution in [-0.4, -0.2) is 9.97 Å². The molecule has 0 fully saturated rings. The zero-order valence-corrected chi connectivity index (χ0v) is 10.4. The molecule has 18 heavy (non-hydrogen) atoms. The van der Waals surface area contributed by atoms with Gasteiger partial charge in [0.2, 0.25) is 0 Å². The third-order valence-electron chi connectivity index (χ3n) is 2.98. The Morgan fingerprint density at radius 2 is 2.11 bits per heavy atom. The van der Waals surface area contributed by atoms with E-state index in [1.807, 2.05) is 36.5 Å². The van der Waals surface area contributed by atoms with E-state index in [0.717, 1.165) is 32.7 Å². The monoisotopic (exact) mass is 257 g/mol. The lowest BCUT2D eigenvalue weighted by molar-refractivity contribution is 1.06. The van der Waals surface area contributed by atoms with Crippen molar-refractivity contribution in [1.82, 2.24) is 9.97 Å².